The number of hydrogen-bond acceptors (Lipinski definition) is 4. The first-order valence-corrected chi connectivity index (χ1v) is 6.02. The molecule has 1 aromatic carbocycles. The summed E-state index contributed by atoms with van der Waals surface area (Å²) in [4.78, 5) is 8.26. The molecule has 0 spiro atoms. The number of ether oxygens (including phenoxy) is 1. The van der Waals surface area contributed by atoms with Gasteiger partial charge in [-0.1, -0.05) is 17.7 Å². The van der Waals surface area contributed by atoms with Gasteiger partial charge in [0, 0.05) is 24.4 Å². The Labute approximate surface area is 115 Å². The second-order valence-corrected chi connectivity index (χ2v) is 4.35. The molecule has 1 heterocycles. The van der Waals surface area contributed by atoms with Crippen LogP contribution in [-0.2, 0) is 11.3 Å². The van der Waals surface area contributed by atoms with E-state index in [1.807, 2.05) is 0 Å². The SMILES string of the molecule is COCc1nc(Cl)cc(Nc2cccc(F)c2C)n1. The second kappa shape index (κ2) is 5.95. The maximum Gasteiger partial charge on any atom is 0.158 e. The van der Waals surface area contributed by atoms with Gasteiger partial charge < -0.3 is 10.1 Å². The smallest absolute Gasteiger partial charge is 0.158 e. The largest absolute Gasteiger partial charge is 0.377 e. The molecule has 100 valence electrons. The number of halogens is 2. The van der Waals surface area contributed by atoms with Crippen LogP contribution in [0.3, 0.4) is 0 Å². The monoisotopic (exact) mass is 281 g/mol. The van der Waals surface area contributed by atoms with Crippen molar-refractivity contribution in [3.63, 3.8) is 0 Å². The number of aromatic nitrogens is 2. The Balaban J connectivity index is 2.30. The molecule has 4 nitrogen and oxygen atoms in total. The first kappa shape index (κ1) is 13.7. The molecule has 0 bridgehead atoms. The summed E-state index contributed by atoms with van der Waals surface area (Å²) in [5, 5.41) is 3.33. The molecule has 2 aromatic rings. The molecule has 2 rings (SSSR count). The average Bonchev–Trinajstić information content (AvgIpc) is 2.35. The summed E-state index contributed by atoms with van der Waals surface area (Å²) in [7, 11) is 1.55. The van der Waals surface area contributed by atoms with E-state index >= 15 is 0 Å². The first-order chi connectivity index (χ1) is 9.10. The average molecular weight is 282 g/mol. The molecule has 1 N–H and O–H groups in total. The van der Waals surface area contributed by atoms with Gasteiger partial charge in [0.05, 0.1) is 0 Å². The standard InChI is InChI=1S/C13H13ClFN3O/c1-8-9(15)4-3-5-10(8)16-12-6-11(14)17-13(18-12)7-19-2/h3-6H,7H2,1-2H3,(H,16,17,18). The van der Waals surface area contributed by atoms with E-state index in [4.69, 9.17) is 16.3 Å². The maximum absolute atomic E-state index is 13.4. The molecule has 0 unspecified atom stereocenters. The van der Waals surface area contributed by atoms with Crippen LogP contribution < -0.4 is 5.32 Å². The fourth-order valence-electron chi connectivity index (χ4n) is 1.60. The van der Waals surface area contributed by atoms with Crippen LogP contribution in [0.15, 0.2) is 24.3 Å². The molecule has 0 aliphatic rings. The van der Waals surface area contributed by atoms with Gasteiger partial charge in [-0.25, -0.2) is 14.4 Å². The summed E-state index contributed by atoms with van der Waals surface area (Å²) >= 11 is 5.90. The van der Waals surface area contributed by atoms with Gasteiger partial charge in [0.1, 0.15) is 23.4 Å². The van der Waals surface area contributed by atoms with Gasteiger partial charge in [-0.05, 0) is 19.1 Å². The summed E-state index contributed by atoms with van der Waals surface area (Å²) < 4.78 is 18.4. The fourth-order valence-corrected chi connectivity index (χ4v) is 1.80. The highest BCUT2D eigenvalue weighted by atomic mass is 35.5. The lowest BCUT2D eigenvalue weighted by Gasteiger charge is -2.10. The minimum absolute atomic E-state index is 0.261. The van der Waals surface area contributed by atoms with Crippen molar-refractivity contribution in [3.8, 4) is 0 Å². The summed E-state index contributed by atoms with van der Waals surface area (Å²) in [6, 6.07) is 6.38. The van der Waals surface area contributed by atoms with E-state index in [2.05, 4.69) is 15.3 Å². The van der Waals surface area contributed by atoms with Crippen LogP contribution in [0.5, 0.6) is 0 Å². The van der Waals surface area contributed by atoms with Crippen molar-refractivity contribution in [3.05, 3.63) is 46.6 Å². The van der Waals surface area contributed by atoms with Crippen LogP contribution in [-0.4, -0.2) is 17.1 Å². The summed E-state index contributed by atoms with van der Waals surface area (Å²) in [5.41, 5.74) is 1.16. The number of rotatable bonds is 4. The van der Waals surface area contributed by atoms with Gasteiger partial charge in [0.15, 0.2) is 5.82 Å². The highest BCUT2D eigenvalue weighted by Gasteiger charge is 2.07. The Bertz CT molecular complexity index is 592. The van der Waals surface area contributed by atoms with E-state index in [0.717, 1.165) is 0 Å². The third-order valence-corrected chi connectivity index (χ3v) is 2.74. The molecular formula is C13H13ClFN3O. The van der Waals surface area contributed by atoms with Crippen molar-refractivity contribution >= 4 is 23.1 Å². The molecule has 0 amide bonds. The molecule has 0 saturated heterocycles. The molecule has 0 aliphatic heterocycles. The quantitative estimate of drug-likeness (QED) is 0.872. The topological polar surface area (TPSA) is 47.0 Å². The first-order valence-electron chi connectivity index (χ1n) is 5.64. The number of benzene rings is 1. The highest BCUT2D eigenvalue weighted by molar-refractivity contribution is 6.29. The minimum Gasteiger partial charge on any atom is -0.377 e. The van der Waals surface area contributed by atoms with Crippen LogP contribution >= 0.6 is 11.6 Å². The zero-order chi connectivity index (χ0) is 13.8. The lowest BCUT2D eigenvalue weighted by Crippen LogP contribution is -2.03. The van der Waals surface area contributed by atoms with Gasteiger partial charge in [-0.2, -0.15) is 0 Å². The Morgan fingerprint density at radius 3 is 2.89 bits per heavy atom. The zero-order valence-electron chi connectivity index (χ0n) is 10.6. The summed E-state index contributed by atoms with van der Waals surface area (Å²) in [6.45, 7) is 1.95. The Hall–Kier alpha value is -1.72. The van der Waals surface area contributed by atoms with Gasteiger partial charge in [0.2, 0.25) is 0 Å². The minimum atomic E-state index is -0.276. The third-order valence-electron chi connectivity index (χ3n) is 2.55. The second-order valence-electron chi connectivity index (χ2n) is 3.96. The van der Waals surface area contributed by atoms with Crippen LogP contribution in [0, 0.1) is 12.7 Å². The third kappa shape index (κ3) is 3.39. The zero-order valence-corrected chi connectivity index (χ0v) is 11.3. The van der Waals surface area contributed by atoms with E-state index in [-0.39, 0.29) is 12.4 Å². The molecule has 19 heavy (non-hydrogen) atoms. The lowest BCUT2D eigenvalue weighted by atomic mass is 10.2. The van der Waals surface area contributed by atoms with Gasteiger partial charge in [0.25, 0.3) is 0 Å². The van der Waals surface area contributed by atoms with Crippen LogP contribution in [0.2, 0.25) is 5.15 Å². The molecule has 0 fully saturated rings. The fraction of sp³-hybridized carbons (Fsp3) is 0.231. The highest BCUT2D eigenvalue weighted by Crippen LogP contribution is 2.22. The van der Waals surface area contributed by atoms with Crippen molar-refractivity contribution in [2.45, 2.75) is 13.5 Å². The van der Waals surface area contributed by atoms with Crippen molar-refractivity contribution < 1.29 is 9.13 Å². The van der Waals surface area contributed by atoms with E-state index in [1.165, 1.54) is 6.07 Å². The molecule has 1 aromatic heterocycles. The number of nitrogens with zero attached hydrogens (tertiary/aromatic N) is 2. The molecular weight excluding hydrogens is 269 g/mol. The van der Waals surface area contributed by atoms with Gasteiger partial charge in [-0.3, -0.25) is 0 Å². The lowest BCUT2D eigenvalue weighted by molar-refractivity contribution is 0.178. The molecule has 6 heteroatoms. The Morgan fingerprint density at radius 2 is 2.16 bits per heavy atom. The van der Waals surface area contributed by atoms with Crippen molar-refractivity contribution in [1.29, 1.82) is 0 Å². The number of nitrogens with one attached hydrogen (secondary N) is 1. The van der Waals surface area contributed by atoms with Crippen LogP contribution in [0.1, 0.15) is 11.4 Å². The normalized spacial score (nSPS) is 10.5. The van der Waals surface area contributed by atoms with E-state index in [1.54, 1.807) is 32.2 Å². The van der Waals surface area contributed by atoms with Gasteiger partial charge >= 0.3 is 0 Å². The molecule has 0 radical (unpaired) electrons. The summed E-state index contributed by atoms with van der Waals surface area (Å²) in [6.07, 6.45) is 0. The van der Waals surface area contributed by atoms with Crippen LogP contribution in [0.25, 0.3) is 0 Å². The maximum atomic E-state index is 13.4. The number of anilines is 2. The van der Waals surface area contributed by atoms with E-state index in [9.17, 15) is 4.39 Å². The predicted molar refractivity (Wildman–Crippen MR) is 72.2 cm³/mol. The van der Waals surface area contributed by atoms with Gasteiger partial charge in [-0.15, -0.1) is 0 Å². The van der Waals surface area contributed by atoms with Crippen molar-refractivity contribution in [1.82, 2.24) is 9.97 Å². The predicted octanol–water partition coefficient (Wildman–Crippen LogP) is 3.47. The molecule has 0 saturated carbocycles. The van der Waals surface area contributed by atoms with Crippen molar-refractivity contribution in [2.75, 3.05) is 12.4 Å². The molecule has 0 aliphatic carbocycles. The molecule has 0 atom stereocenters. The number of hydrogen-bond donors (Lipinski definition) is 1. The summed E-state index contributed by atoms with van der Waals surface area (Å²) in [5.74, 6) is 0.689. The van der Waals surface area contributed by atoms with Crippen molar-refractivity contribution in [2.24, 2.45) is 0 Å². The van der Waals surface area contributed by atoms with E-state index < -0.39 is 0 Å². The van der Waals surface area contributed by atoms with E-state index in [0.29, 0.717) is 28.0 Å². The Morgan fingerprint density at radius 1 is 1.37 bits per heavy atom. The van der Waals surface area contributed by atoms with Crippen LogP contribution in [0.4, 0.5) is 15.9 Å². The Kier molecular flexibility index (Phi) is 4.29. The number of methoxy groups -OCH3 is 1.